The third-order valence-electron chi connectivity index (χ3n) is 7.55. The van der Waals surface area contributed by atoms with Gasteiger partial charge in [-0.05, 0) is 37.8 Å². The van der Waals surface area contributed by atoms with Crippen molar-refractivity contribution < 1.29 is 9.53 Å². The summed E-state index contributed by atoms with van der Waals surface area (Å²) in [4.78, 5) is 20.0. The van der Waals surface area contributed by atoms with Gasteiger partial charge in [-0.15, -0.1) is 0 Å². The molecule has 6 heteroatoms. The zero-order valence-electron chi connectivity index (χ0n) is 18.7. The van der Waals surface area contributed by atoms with Gasteiger partial charge in [-0.2, -0.15) is 0 Å². The van der Waals surface area contributed by atoms with Crippen LogP contribution >= 0.6 is 0 Å². The van der Waals surface area contributed by atoms with E-state index in [-0.39, 0.29) is 11.3 Å². The first kappa shape index (κ1) is 21.4. The average Bonchev–Trinajstić information content (AvgIpc) is 3.14. The van der Waals surface area contributed by atoms with Crippen LogP contribution in [0, 0.1) is 5.41 Å². The lowest BCUT2D eigenvalue weighted by atomic mass is 9.79. The second-order valence-electron chi connectivity index (χ2n) is 9.07. The van der Waals surface area contributed by atoms with Crippen molar-refractivity contribution in [3.05, 3.63) is 24.3 Å². The summed E-state index contributed by atoms with van der Waals surface area (Å²) in [7, 11) is 0. The highest BCUT2D eigenvalue weighted by atomic mass is 16.5. The summed E-state index contributed by atoms with van der Waals surface area (Å²) in [6, 6.07) is 9.17. The van der Waals surface area contributed by atoms with Crippen LogP contribution in [0.1, 0.15) is 39.5 Å². The molecule has 1 aromatic carbocycles. The Bertz CT molecular complexity index is 707. The van der Waals surface area contributed by atoms with E-state index in [2.05, 4.69) is 58.1 Å². The van der Waals surface area contributed by atoms with E-state index in [1.165, 1.54) is 11.4 Å². The van der Waals surface area contributed by atoms with E-state index >= 15 is 0 Å². The summed E-state index contributed by atoms with van der Waals surface area (Å²) < 4.78 is 5.54. The van der Waals surface area contributed by atoms with Crippen molar-refractivity contribution in [2.24, 2.45) is 5.41 Å². The van der Waals surface area contributed by atoms with Crippen LogP contribution in [0.4, 0.5) is 11.4 Å². The molecular formula is C24H38N4O2. The van der Waals surface area contributed by atoms with Gasteiger partial charge in [-0.1, -0.05) is 26.0 Å². The first-order chi connectivity index (χ1) is 14.6. The Kier molecular flexibility index (Phi) is 6.84. The quantitative estimate of drug-likeness (QED) is 0.743. The van der Waals surface area contributed by atoms with E-state index < -0.39 is 0 Å². The number of morpholine rings is 1. The van der Waals surface area contributed by atoms with Gasteiger partial charge in [0.15, 0.2) is 0 Å². The molecule has 3 aliphatic heterocycles. The topological polar surface area (TPSA) is 48.1 Å². The number of anilines is 2. The molecular weight excluding hydrogens is 376 g/mol. The van der Waals surface area contributed by atoms with Crippen molar-refractivity contribution >= 4 is 17.3 Å². The zero-order valence-corrected chi connectivity index (χ0v) is 18.7. The Morgan fingerprint density at radius 2 is 1.57 bits per heavy atom. The monoisotopic (exact) mass is 414 g/mol. The van der Waals surface area contributed by atoms with Crippen molar-refractivity contribution in [1.82, 2.24) is 10.2 Å². The van der Waals surface area contributed by atoms with Gasteiger partial charge >= 0.3 is 0 Å². The van der Waals surface area contributed by atoms with Crippen LogP contribution in [-0.4, -0.2) is 75.9 Å². The van der Waals surface area contributed by atoms with E-state index in [0.29, 0.717) is 6.04 Å². The molecule has 0 aliphatic carbocycles. The number of para-hydroxylation sites is 2. The number of piperazine rings is 1. The third kappa shape index (κ3) is 4.45. The molecule has 3 aliphatic rings. The molecule has 0 bridgehead atoms. The molecule has 3 fully saturated rings. The second kappa shape index (κ2) is 9.56. The Morgan fingerprint density at radius 3 is 2.13 bits per heavy atom. The molecule has 0 radical (unpaired) electrons. The number of carbonyl (C=O) groups is 1. The molecule has 1 amide bonds. The number of rotatable bonds is 7. The molecule has 1 unspecified atom stereocenters. The number of benzene rings is 1. The molecule has 6 nitrogen and oxygen atoms in total. The molecule has 1 aromatic rings. The van der Waals surface area contributed by atoms with Crippen molar-refractivity contribution in [1.29, 1.82) is 0 Å². The Labute approximate surface area is 181 Å². The van der Waals surface area contributed by atoms with Crippen molar-refractivity contribution in [2.45, 2.75) is 45.6 Å². The molecule has 4 rings (SSSR count). The van der Waals surface area contributed by atoms with Crippen molar-refractivity contribution in [3.63, 3.8) is 0 Å². The van der Waals surface area contributed by atoms with E-state index in [4.69, 9.17) is 4.74 Å². The van der Waals surface area contributed by atoms with E-state index in [1.807, 2.05) is 0 Å². The standard InChI is InChI=1S/C24H38N4O2/c1-3-24(4-2)19-20(25-23(24)29)9-10-26-11-13-27(14-12-26)21-7-5-6-8-22(21)28-15-17-30-18-16-28/h5-8,20H,3-4,9-19H2,1-2H3,(H,25,29). The lowest BCUT2D eigenvalue weighted by Crippen LogP contribution is -2.48. The minimum atomic E-state index is -0.118. The fourth-order valence-electron chi connectivity index (χ4n) is 5.34. The molecule has 0 aromatic heterocycles. The van der Waals surface area contributed by atoms with Crippen LogP contribution in [0.3, 0.4) is 0 Å². The van der Waals surface area contributed by atoms with E-state index in [9.17, 15) is 4.79 Å². The minimum absolute atomic E-state index is 0.118. The molecule has 0 spiro atoms. The maximum absolute atomic E-state index is 12.4. The molecule has 3 saturated heterocycles. The number of carbonyl (C=O) groups excluding carboxylic acids is 1. The SMILES string of the molecule is CCC1(CC)CC(CCN2CCN(c3ccccc3N3CCOCC3)CC2)NC1=O. The molecule has 0 saturated carbocycles. The molecule has 166 valence electrons. The number of nitrogens with one attached hydrogen (secondary N) is 1. The van der Waals surface area contributed by atoms with Gasteiger partial charge in [-0.3, -0.25) is 9.69 Å². The summed E-state index contributed by atoms with van der Waals surface area (Å²) >= 11 is 0. The lowest BCUT2D eigenvalue weighted by molar-refractivity contribution is -0.128. The highest BCUT2D eigenvalue weighted by molar-refractivity contribution is 5.85. The minimum Gasteiger partial charge on any atom is -0.378 e. The lowest BCUT2D eigenvalue weighted by Gasteiger charge is -2.39. The normalized spacial score (nSPS) is 24.9. The molecule has 3 heterocycles. The predicted molar refractivity (Wildman–Crippen MR) is 122 cm³/mol. The highest BCUT2D eigenvalue weighted by Gasteiger charge is 2.43. The Balaban J connectivity index is 1.28. The number of hydrogen-bond acceptors (Lipinski definition) is 5. The predicted octanol–water partition coefficient (Wildman–Crippen LogP) is 2.73. The first-order valence-corrected chi connectivity index (χ1v) is 11.8. The maximum atomic E-state index is 12.4. The van der Waals surface area contributed by atoms with E-state index in [1.54, 1.807) is 0 Å². The smallest absolute Gasteiger partial charge is 0.226 e. The number of amides is 1. The largest absolute Gasteiger partial charge is 0.378 e. The fraction of sp³-hybridized carbons (Fsp3) is 0.708. The van der Waals surface area contributed by atoms with Crippen LogP contribution in [0.25, 0.3) is 0 Å². The van der Waals surface area contributed by atoms with Crippen LogP contribution < -0.4 is 15.1 Å². The zero-order chi connectivity index (χ0) is 21.0. The van der Waals surface area contributed by atoms with Gasteiger partial charge in [0.2, 0.25) is 5.91 Å². The summed E-state index contributed by atoms with van der Waals surface area (Å²) in [5.41, 5.74) is 2.59. The highest BCUT2D eigenvalue weighted by Crippen LogP contribution is 2.38. The second-order valence-corrected chi connectivity index (χ2v) is 9.07. The average molecular weight is 415 g/mol. The fourth-order valence-corrected chi connectivity index (χ4v) is 5.34. The van der Waals surface area contributed by atoms with Gasteiger partial charge in [0.25, 0.3) is 0 Å². The van der Waals surface area contributed by atoms with Crippen LogP contribution in [0.5, 0.6) is 0 Å². The van der Waals surface area contributed by atoms with Gasteiger partial charge in [-0.25, -0.2) is 0 Å². The van der Waals surface area contributed by atoms with Gasteiger partial charge in [0.1, 0.15) is 0 Å². The molecule has 30 heavy (non-hydrogen) atoms. The van der Waals surface area contributed by atoms with Crippen molar-refractivity contribution in [2.75, 3.05) is 68.8 Å². The summed E-state index contributed by atoms with van der Waals surface area (Å²) in [6.07, 6.45) is 3.98. The number of hydrogen-bond donors (Lipinski definition) is 1. The number of nitrogens with zero attached hydrogens (tertiary/aromatic N) is 3. The summed E-state index contributed by atoms with van der Waals surface area (Å²) in [6.45, 7) is 13.3. The van der Waals surface area contributed by atoms with Crippen LogP contribution in [-0.2, 0) is 9.53 Å². The van der Waals surface area contributed by atoms with Gasteiger partial charge in [0, 0.05) is 51.9 Å². The van der Waals surface area contributed by atoms with Crippen LogP contribution in [0.15, 0.2) is 24.3 Å². The number of ether oxygens (including phenoxy) is 1. The third-order valence-corrected chi connectivity index (χ3v) is 7.55. The summed E-state index contributed by atoms with van der Waals surface area (Å²) in [5.74, 6) is 0.280. The van der Waals surface area contributed by atoms with Gasteiger partial charge < -0.3 is 19.9 Å². The molecule has 1 atom stereocenters. The van der Waals surface area contributed by atoms with Crippen LogP contribution in [0.2, 0.25) is 0 Å². The van der Waals surface area contributed by atoms with Crippen molar-refractivity contribution in [3.8, 4) is 0 Å². The Morgan fingerprint density at radius 1 is 0.967 bits per heavy atom. The van der Waals surface area contributed by atoms with E-state index in [0.717, 1.165) is 84.7 Å². The molecule has 1 N–H and O–H groups in total. The maximum Gasteiger partial charge on any atom is 0.226 e. The van der Waals surface area contributed by atoms with Gasteiger partial charge in [0.05, 0.1) is 30.0 Å². The first-order valence-electron chi connectivity index (χ1n) is 11.8. The Hall–Kier alpha value is -1.79. The summed E-state index contributed by atoms with van der Waals surface area (Å²) in [5, 5.41) is 3.27.